The Hall–Kier alpha value is -0.935. The predicted molar refractivity (Wildman–Crippen MR) is 78.6 cm³/mol. The summed E-state index contributed by atoms with van der Waals surface area (Å²) in [6.07, 6.45) is 2.89. The largest absolute Gasteiger partial charge is 0.496 e. The fraction of sp³-hybridized carbons (Fsp3) is 0.667. The number of rotatable bonds is 1. The maximum atomic E-state index is 14.2. The van der Waals surface area contributed by atoms with Gasteiger partial charge in [0.05, 0.1) is 17.4 Å². The summed E-state index contributed by atoms with van der Waals surface area (Å²) in [6, 6.07) is 0. The van der Waals surface area contributed by atoms with E-state index < -0.39 is 18.3 Å². The molecule has 0 saturated carbocycles. The molecule has 0 aromatic carbocycles. The molecule has 2 rings (SSSR count). The Morgan fingerprint density at radius 3 is 2.00 bits per heavy atom. The molecule has 1 fully saturated rings. The normalized spacial score (nSPS) is 21.3. The molecule has 2 heterocycles. The number of pyridine rings is 1. The third kappa shape index (κ3) is 2.49. The number of nitrogens with zero attached hydrogens (tertiary/aromatic N) is 1. The molecular weight excluding hydrogens is 256 g/mol. The Balaban J connectivity index is 2.49. The van der Waals surface area contributed by atoms with E-state index in [1.165, 1.54) is 6.20 Å². The Kier molecular flexibility index (Phi) is 3.50. The summed E-state index contributed by atoms with van der Waals surface area (Å²) in [5.41, 5.74) is 0.0479. The molecule has 0 N–H and O–H groups in total. The maximum absolute atomic E-state index is 14.2. The van der Waals surface area contributed by atoms with E-state index in [4.69, 9.17) is 9.31 Å². The van der Waals surface area contributed by atoms with Crippen molar-refractivity contribution in [3.8, 4) is 0 Å². The van der Waals surface area contributed by atoms with E-state index in [0.29, 0.717) is 11.0 Å². The second-order valence-corrected chi connectivity index (χ2v) is 7.42. The lowest BCUT2D eigenvalue weighted by atomic mass is 9.70. The number of hydrogen-bond donors (Lipinski definition) is 0. The Labute approximate surface area is 121 Å². The van der Waals surface area contributed by atoms with Gasteiger partial charge in [0.1, 0.15) is 5.82 Å². The molecule has 0 radical (unpaired) electrons. The van der Waals surface area contributed by atoms with Gasteiger partial charge < -0.3 is 9.31 Å². The van der Waals surface area contributed by atoms with Crippen molar-refractivity contribution < 1.29 is 13.7 Å². The van der Waals surface area contributed by atoms with Gasteiger partial charge in [0, 0.05) is 11.7 Å². The highest BCUT2D eigenvalue weighted by Gasteiger charge is 2.53. The van der Waals surface area contributed by atoms with E-state index in [9.17, 15) is 4.39 Å². The van der Waals surface area contributed by atoms with Crippen LogP contribution in [0.4, 0.5) is 4.39 Å². The van der Waals surface area contributed by atoms with Crippen LogP contribution < -0.4 is 5.46 Å². The van der Waals surface area contributed by atoms with Gasteiger partial charge >= 0.3 is 7.12 Å². The van der Waals surface area contributed by atoms with Gasteiger partial charge in [-0.1, -0.05) is 20.8 Å². The fourth-order valence-electron chi connectivity index (χ4n) is 2.39. The first-order valence-corrected chi connectivity index (χ1v) is 6.95. The molecule has 0 amide bonds. The average molecular weight is 279 g/mol. The van der Waals surface area contributed by atoms with E-state index >= 15 is 0 Å². The van der Waals surface area contributed by atoms with Crippen molar-refractivity contribution >= 4 is 12.6 Å². The minimum absolute atomic E-state index is 0.315. The van der Waals surface area contributed by atoms with Crippen LogP contribution in [0.2, 0.25) is 0 Å². The van der Waals surface area contributed by atoms with E-state index in [0.717, 1.165) is 0 Å². The standard InChI is InChI=1S/C15H23BFNO2/c1-13(2,3)12-10(8-18-9-11(12)17)16-19-14(4,5)15(6,7)20-16/h8-9H,1-7H3. The highest BCUT2D eigenvalue weighted by Crippen LogP contribution is 2.37. The van der Waals surface area contributed by atoms with Gasteiger partial charge in [-0.25, -0.2) is 4.39 Å². The van der Waals surface area contributed by atoms with Crippen LogP contribution in [0.15, 0.2) is 12.4 Å². The third-order valence-electron chi connectivity index (χ3n) is 4.19. The average Bonchev–Trinajstić information content (AvgIpc) is 2.46. The van der Waals surface area contributed by atoms with Gasteiger partial charge in [-0.2, -0.15) is 0 Å². The van der Waals surface area contributed by atoms with Crippen molar-refractivity contribution in [2.24, 2.45) is 0 Å². The number of hydrogen-bond acceptors (Lipinski definition) is 3. The number of halogens is 1. The van der Waals surface area contributed by atoms with Gasteiger partial charge in [0.2, 0.25) is 0 Å². The summed E-state index contributed by atoms with van der Waals surface area (Å²) in [7, 11) is -0.586. The Bertz CT molecular complexity index is 507. The molecule has 20 heavy (non-hydrogen) atoms. The fourth-order valence-corrected chi connectivity index (χ4v) is 2.39. The van der Waals surface area contributed by atoms with Crippen molar-refractivity contribution in [3.05, 3.63) is 23.8 Å². The first-order valence-electron chi connectivity index (χ1n) is 6.95. The second-order valence-electron chi connectivity index (χ2n) is 7.42. The van der Waals surface area contributed by atoms with Gasteiger partial charge in [0.25, 0.3) is 0 Å². The van der Waals surface area contributed by atoms with Crippen LogP contribution in [0, 0.1) is 5.82 Å². The van der Waals surface area contributed by atoms with E-state index in [1.54, 1.807) is 6.20 Å². The minimum atomic E-state index is -0.586. The van der Waals surface area contributed by atoms with Crippen LogP contribution in [-0.2, 0) is 14.7 Å². The van der Waals surface area contributed by atoms with Crippen LogP contribution in [0.1, 0.15) is 54.0 Å². The Morgan fingerprint density at radius 2 is 1.55 bits per heavy atom. The molecular formula is C15H23BFNO2. The summed E-state index contributed by atoms with van der Waals surface area (Å²) in [5, 5.41) is 0. The lowest BCUT2D eigenvalue weighted by molar-refractivity contribution is 0.00578. The van der Waals surface area contributed by atoms with Crippen LogP contribution in [-0.4, -0.2) is 23.3 Å². The van der Waals surface area contributed by atoms with Crippen molar-refractivity contribution in [3.63, 3.8) is 0 Å². The summed E-state index contributed by atoms with van der Waals surface area (Å²) < 4.78 is 26.2. The van der Waals surface area contributed by atoms with E-state index in [1.807, 2.05) is 48.5 Å². The summed E-state index contributed by atoms with van der Waals surface area (Å²) in [4.78, 5) is 3.96. The molecule has 0 spiro atoms. The minimum Gasteiger partial charge on any atom is -0.399 e. The van der Waals surface area contributed by atoms with Crippen molar-refractivity contribution in [2.45, 2.75) is 65.1 Å². The zero-order chi connectivity index (χ0) is 15.3. The van der Waals surface area contributed by atoms with Gasteiger partial charge in [0.15, 0.2) is 0 Å². The maximum Gasteiger partial charge on any atom is 0.496 e. The first kappa shape index (κ1) is 15.5. The van der Waals surface area contributed by atoms with E-state index in [-0.39, 0.29) is 11.2 Å². The highest BCUT2D eigenvalue weighted by atomic mass is 19.1. The van der Waals surface area contributed by atoms with Crippen LogP contribution >= 0.6 is 0 Å². The molecule has 1 aliphatic heterocycles. The molecule has 0 unspecified atom stereocenters. The topological polar surface area (TPSA) is 31.4 Å². The van der Waals surface area contributed by atoms with Crippen molar-refractivity contribution in [1.82, 2.24) is 4.98 Å². The summed E-state index contributed by atoms with van der Waals surface area (Å²) >= 11 is 0. The third-order valence-corrected chi connectivity index (χ3v) is 4.19. The van der Waals surface area contributed by atoms with Crippen LogP contribution in [0.5, 0.6) is 0 Å². The van der Waals surface area contributed by atoms with Crippen LogP contribution in [0.25, 0.3) is 0 Å². The van der Waals surface area contributed by atoms with Gasteiger partial charge in [-0.3, -0.25) is 4.98 Å². The molecule has 0 aliphatic carbocycles. The van der Waals surface area contributed by atoms with Gasteiger partial charge in [-0.05, 0) is 38.7 Å². The monoisotopic (exact) mass is 279 g/mol. The number of aromatic nitrogens is 1. The van der Waals surface area contributed by atoms with Crippen molar-refractivity contribution in [2.75, 3.05) is 0 Å². The molecule has 0 atom stereocenters. The lowest BCUT2D eigenvalue weighted by Crippen LogP contribution is -2.41. The smallest absolute Gasteiger partial charge is 0.399 e. The molecule has 5 heteroatoms. The molecule has 0 bridgehead atoms. The van der Waals surface area contributed by atoms with Crippen LogP contribution in [0.3, 0.4) is 0 Å². The lowest BCUT2D eigenvalue weighted by Gasteiger charge is -2.32. The molecule has 1 saturated heterocycles. The molecule has 1 aromatic heterocycles. The molecule has 1 aromatic rings. The van der Waals surface area contributed by atoms with Gasteiger partial charge in [-0.15, -0.1) is 0 Å². The zero-order valence-corrected chi connectivity index (χ0v) is 13.4. The predicted octanol–water partition coefficient (Wildman–Crippen LogP) is 2.82. The van der Waals surface area contributed by atoms with E-state index in [2.05, 4.69) is 4.98 Å². The molecule has 1 aliphatic rings. The second kappa shape index (κ2) is 4.53. The quantitative estimate of drug-likeness (QED) is 0.741. The zero-order valence-electron chi connectivity index (χ0n) is 13.4. The summed E-state index contributed by atoms with van der Waals surface area (Å²) in [5.74, 6) is -0.315. The SMILES string of the molecule is CC(C)(C)c1c(F)cncc1B1OC(C)(C)C(C)(C)O1. The Morgan fingerprint density at radius 1 is 1.05 bits per heavy atom. The summed E-state index contributed by atoms with van der Waals surface area (Å²) in [6.45, 7) is 13.8. The molecule has 3 nitrogen and oxygen atoms in total. The van der Waals surface area contributed by atoms with Crippen molar-refractivity contribution in [1.29, 1.82) is 0 Å². The highest BCUT2D eigenvalue weighted by molar-refractivity contribution is 6.62. The first-order chi connectivity index (χ1) is 8.96. The molecule has 110 valence electrons.